The topological polar surface area (TPSA) is 98.2 Å². The zero-order valence-electron chi connectivity index (χ0n) is 24.2. The van der Waals surface area contributed by atoms with Crippen molar-refractivity contribution in [2.75, 3.05) is 20.8 Å². The van der Waals surface area contributed by atoms with Crippen LogP contribution < -0.4 is 15.0 Å². The minimum absolute atomic E-state index is 0.0375. The number of hydrogen-bond donors (Lipinski definition) is 1. The van der Waals surface area contributed by atoms with Gasteiger partial charge in [0.05, 0.1) is 31.8 Å². The first-order chi connectivity index (χ1) is 19.4. The van der Waals surface area contributed by atoms with Crippen LogP contribution in [0.5, 0.6) is 11.5 Å². The number of H-pyrrole nitrogens is 1. The highest BCUT2D eigenvalue weighted by Crippen LogP contribution is 2.34. The van der Waals surface area contributed by atoms with E-state index in [0.29, 0.717) is 24.1 Å². The predicted molar refractivity (Wildman–Crippen MR) is 156 cm³/mol. The van der Waals surface area contributed by atoms with Crippen LogP contribution in [0.2, 0.25) is 0 Å². The molecule has 2 aromatic carbocycles. The van der Waals surface area contributed by atoms with Gasteiger partial charge in [-0.05, 0) is 84.8 Å². The minimum atomic E-state index is -0.0532. The molecular formula is C31H40N6O3. The fraction of sp³-hybridized carbons (Fsp3) is 0.484. The quantitative estimate of drug-likeness (QED) is 0.268. The highest BCUT2D eigenvalue weighted by Gasteiger charge is 2.29. The number of methoxy groups -OCH3 is 2. The van der Waals surface area contributed by atoms with Crippen LogP contribution in [0.15, 0.2) is 41.2 Å². The molecule has 0 radical (unpaired) electrons. The molecule has 5 rings (SSSR count). The molecule has 0 unspecified atom stereocenters. The monoisotopic (exact) mass is 544 g/mol. The van der Waals surface area contributed by atoms with Crippen molar-refractivity contribution in [1.82, 2.24) is 30.1 Å². The molecule has 1 aliphatic rings. The summed E-state index contributed by atoms with van der Waals surface area (Å²) >= 11 is 0. The number of ether oxygens (including phenoxy) is 2. The lowest BCUT2D eigenvalue weighted by molar-refractivity contribution is 0.169. The molecule has 1 fully saturated rings. The first-order valence-electron chi connectivity index (χ1n) is 14.3. The number of fused-ring (bicyclic) bond motifs is 1. The summed E-state index contributed by atoms with van der Waals surface area (Å²) < 4.78 is 13.0. The lowest BCUT2D eigenvalue weighted by Crippen LogP contribution is -2.34. The molecular weight excluding hydrogens is 504 g/mol. The molecule has 40 heavy (non-hydrogen) atoms. The van der Waals surface area contributed by atoms with E-state index in [2.05, 4.69) is 63.5 Å². The van der Waals surface area contributed by atoms with Gasteiger partial charge in [-0.3, -0.25) is 9.69 Å². The van der Waals surface area contributed by atoms with Crippen LogP contribution >= 0.6 is 0 Å². The lowest BCUT2D eigenvalue weighted by Gasteiger charge is -2.31. The zero-order valence-corrected chi connectivity index (χ0v) is 24.2. The molecule has 9 nitrogen and oxygen atoms in total. The molecule has 0 bridgehead atoms. The first-order valence-corrected chi connectivity index (χ1v) is 14.3. The molecule has 0 saturated heterocycles. The highest BCUT2D eigenvalue weighted by molar-refractivity contribution is 5.85. The van der Waals surface area contributed by atoms with E-state index in [9.17, 15) is 4.79 Å². The summed E-state index contributed by atoms with van der Waals surface area (Å²) in [5.41, 5.74) is 4.94. The van der Waals surface area contributed by atoms with Crippen molar-refractivity contribution in [3.8, 4) is 11.5 Å². The van der Waals surface area contributed by atoms with E-state index in [1.807, 2.05) is 23.7 Å². The molecule has 9 heteroatoms. The van der Waals surface area contributed by atoms with Crippen LogP contribution in [0.25, 0.3) is 10.9 Å². The van der Waals surface area contributed by atoms with E-state index in [4.69, 9.17) is 9.47 Å². The third-order valence-corrected chi connectivity index (χ3v) is 8.34. The van der Waals surface area contributed by atoms with Crippen molar-refractivity contribution in [3.63, 3.8) is 0 Å². The number of nitrogens with one attached hydrogen (secondary N) is 1. The van der Waals surface area contributed by atoms with Crippen molar-refractivity contribution in [1.29, 1.82) is 0 Å². The summed E-state index contributed by atoms with van der Waals surface area (Å²) in [4.78, 5) is 18.9. The van der Waals surface area contributed by atoms with Gasteiger partial charge in [0.1, 0.15) is 0 Å². The number of benzene rings is 2. The molecule has 1 atom stereocenters. The average Bonchev–Trinajstić information content (AvgIpc) is 3.67. The third kappa shape index (κ3) is 5.61. The van der Waals surface area contributed by atoms with Crippen molar-refractivity contribution < 1.29 is 9.47 Å². The SMILES string of the molecule is CC[C@H](c1nnnn1C1CCCC1)N(CCc1ccc(OC)c(OC)c1)Cc1cc2c(C)ccc(C)c2[nH]c1=O. The molecule has 0 aliphatic heterocycles. The standard InChI is InChI=1S/C31H40N6O3/c1-6-26(30-33-34-35-37(30)24-9-7-8-10-24)36(16-15-22-13-14-27(39-4)28(17-22)40-5)19-23-18-25-20(2)11-12-21(3)29(25)32-31(23)38/h11-14,17-18,24,26H,6-10,15-16,19H2,1-5H3,(H,32,38)/t26-/m1/s1. The van der Waals surface area contributed by atoms with E-state index < -0.39 is 0 Å². The Bertz CT molecular complexity index is 1520. The smallest absolute Gasteiger partial charge is 0.252 e. The van der Waals surface area contributed by atoms with E-state index in [1.54, 1.807) is 14.2 Å². The number of aromatic nitrogens is 5. The summed E-state index contributed by atoms with van der Waals surface area (Å²) in [5.74, 6) is 2.30. The van der Waals surface area contributed by atoms with Crippen LogP contribution in [0.1, 0.15) is 79.2 Å². The van der Waals surface area contributed by atoms with Gasteiger partial charge in [0.25, 0.3) is 5.56 Å². The third-order valence-electron chi connectivity index (χ3n) is 8.34. The van der Waals surface area contributed by atoms with Gasteiger partial charge in [-0.25, -0.2) is 4.68 Å². The summed E-state index contributed by atoms with van der Waals surface area (Å²) in [5, 5.41) is 14.1. The van der Waals surface area contributed by atoms with Gasteiger partial charge < -0.3 is 14.5 Å². The number of rotatable bonds is 11. The second-order valence-corrected chi connectivity index (χ2v) is 10.9. The molecule has 1 saturated carbocycles. The highest BCUT2D eigenvalue weighted by atomic mass is 16.5. The predicted octanol–water partition coefficient (Wildman–Crippen LogP) is 5.46. The summed E-state index contributed by atoms with van der Waals surface area (Å²) in [6, 6.07) is 12.6. The number of nitrogens with zero attached hydrogens (tertiary/aromatic N) is 5. The fourth-order valence-electron chi connectivity index (χ4n) is 6.04. The number of aryl methyl sites for hydroxylation is 2. The second kappa shape index (κ2) is 12.2. The molecule has 2 heterocycles. The zero-order chi connectivity index (χ0) is 28.2. The Balaban J connectivity index is 1.51. The summed E-state index contributed by atoms with van der Waals surface area (Å²) in [6.07, 6.45) is 6.20. The Labute approximate surface area is 235 Å². The summed E-state index contributed by atoms with van der Waals surface area (Å²) in [7, 11) is 3.30. The summed E-state index contributed by atoms with van der Waals surface area (Å²) in [6.45, 7) is 7.49. The Hall–Kier alpha value is -3.72. The minimum Gasteiger partial charge on any atom is -0.493 e. The van der Waals surface area contributed by atoms with Gasteiger partial charge in [0.2, 0.25) is 0 Å². The second-order valence-electron chi connectivity index (χ2n) is 10.9. The molecule has 1 N–H and O–H groups in total. The molecule has 212 valence electrons. The largest absolute Gasteiger partial charge is 0.493 e. The molecule has 0 spiro atoms. The Kier molecular flexibility index (Phi) is 8.49. The molecule has 4 aromatic rings. The Morgan fingerprint density at radius 1 is 1.05 bits per heavy atom. The van der Waals surface area contributed by atoms with Gasteiger partial charge in [0, 0.05) is 24.0 Å². The van der Waals surface area contributed by atoms with E-state index >= 15 is 0 Å². The van der Waals surface area contributed by atoms with Gasteiger partial charge in [-0.2, -0.15) is 0 Å². The fourth-order valence-corrected chi connectivity index (χ4v) is 6.04. The normalized spacial score (nSPS) is 14.8. The van der Waals surface area contributed by atoms with Gasteiger partial charge in [0.15, 0.2) is 17.3 Å². The Morgan fingerprint density at radius 3 is 2.52 bits per heavy atom. The molecule has 2 aromatic heterocycles. The maximum absolute atomic E-state index is 13.4. The Morgan fingerprint density at radius 2 is 1.80 bits per heavy atom. The van der Waals surface area contributed by atoms with Crippen LogP contribution in [-0.2, 0) is 13.0 Å². The maximum atomic E-state index is 13.4. The lowest BCUT2D eigenvalue weighted by atomic mass is 10.0. The van der Waals surface area contributed by atoms with E-state index in [0.717, 1.165) is 71.2 Å². The molecule has 1 aliphatic carbocycles. The van der Waals surface area contributed by atoms with Gasteiger partial charge in [-0.15, -0.1) is 5.10 Å². The van der Waals surface area contributed by atoms with Crippen molar-refractivity contribution in [2.45, 2.75) is 77.9 Å². The maximum Gasteiger partial charge on any atom is 0.252 e. The van der Waals surface area contributed by atoms with Crippen molar-refractivity contribution in [2.24, 2.45) is 0 Å². The van der Waals surface area contributed by atoms with E-state index in [-0.39, 0.29) is 11.6 Å². The van der Waals surface area contributed by atoms with Crippen LogP contribution in [0, 0.1) is 13.8 Å². The first kappa shape index (κ1) is 27.8. The van der Waals surface area contributed by atoms with Crippen molar-refractivity contribution in [3.05, 3.63) is 74.8 Å². The average molecular weight is 545 g/mol. The number of hydrogen-bond acceptors (Lipinski definition) is 7. The van der Waals surface area contributed by atoms with Crippen molar-refractivity contribution >= 4 is 10.9 Å². The molecule has 0 amide bonds. The van der Waals surface area contributed by atoms with Crippen LogP contribution in [0.4, 0.5) is 0 Å². The van der Waals surface area contributed by atoms with Gasteiger partial charge in [-0.1, -0.05) is 38.0 Å². The number of pyridine rings is 1. The van der Waals surface area contributed by atoms with Crippen LogP contribution in [0.3, 0.4) is 0 Å². The number of tetrazole rings is 1. The van der Waals surface area contributed by atoms with Crippen LogP contribution in [-0.4, -0.2) is 50.9 Å². The number of aromatic amines is 1. The van der Waals surface area contributed by atoms with E-state index in [1.165, 1.54) is 12.8 Å². The van der Waals surface area contributed by atoms with Gasteiger partial charge >= 0.3 is 0 Å².